The van der Waals surface area contributed by atoms with Crippen LogP contribution in [0.25, 0.3) is 0 Å². The van der Waals surface area contributed by atoms with Gasteiger partial charge in [-0.2, -0.15) is 0 Å². The molecule has 1 aliphatic rings. The predicted octanol–water partition coefficient (Wildman–Crippen LogP) is 4.39. The first-order chi connectivity index (χ1) is 8.61. The third kappa shape index (κ3) is 3.08. The molecule has 0 aliphatic heterocycles. The maximum absolute atomic E-state index is 13.6. The lowest BCUT2D eigenvalue weighted by Gasteiger charge is -2.32. The van der Waals surface area contributed by atoms with Gasteiger partial charge in [-0.05, 0) is 47.4 Å². The summed E-state index contributed by atoms with van der Waals surface area (Å²) in [5.74, 6) is 0.483. The number of rotatable bonds is 3. The zero-order valence-corrected chi connectivity index (χ0v) is 12.8. The van der Waals surface area contributed by atoms with Crippen molar-refractivity contribution >= 4 is 34.0 Å². The molecule has 0 spiro atoms. The van der Waals surface area contributed by atoms with Crippen molar-refractivity contribution in [3.05, 3.63) is 21.5 Å². The molecule has 0 amide bonds. The second-order valence-corrected chi connectivity index (χ2v) is 6.22. The number of nitrogens with one attached hydrogen (secondary N) is 1. The summed E-state index contributed by atoms with van der Waals surface area (Å²) >= 11 is 1.97. The Bertz CT molecular complexity index is 423. The Hall–Kier alpha value is -0.520. The van der Waals surface area contributed by atoms with Gasteiger partial charge in [0.2, 0.25) is 0 Å². The Morgan fingerprint density at radius 1 is 1.39 bits per heavy atom. The van der Waals surface area contributed by atoms with Crippen LogP contribution < -0.4 is 11.1 Å². The van der Waals surface area contributed by atoms with E-state index in [1.54, 1.807) is 6.07 Å². The van der Waals surface area contributed by atoms with Gasteiger partial charge in [0, 0.05) is 12.1 Å². The molecule has 0 saturated heterocycles. The van der Waals surface area contributed by atoms with Crippen LogP contribution >= 0.6 is 22.6 Å². The highest BCUT2D eigenvalue weighted by atomic mass is 127. The molecule has 1 saturated carbocycles. The van der Waals surface area contributed by atoms with Crippen LogP contribution in [0.1, 0.15) is 39.0 Å². The lowest BCUT2D eigenvalue weighted by Crippen LogP contribution is -2.32. The average Bonchev–Trinajstić information content (AvgIpc) is 2.36. The molecule has 18 heavy (non-hydrogen) atoms. The number of hydrogen-bond acceptors (Lipinski definition) is 2. The molecule has 2 atom stereocenters. The van der Waals surface area contributed by atoms with Gasteiger partial charge in [0.25, 0.3) is 0 Å². The molecular formula is C14H20FIN2. The van der Waals surface area contributed by atoms with Crippen molar-refractivity contribution in [2.75, 3.05) is 11.1 Å². The number of nitrogens with two attached hydrogens (primary N) is 1. The molecule has 100 valence electrons. The summed E-state index contributed by atoms with van der Waals surface area (Å²) in [4.78, 5) is 0. The average molecular weight is 362 g/mol. The Labute approximate surface area is 122 Å². The molecular weight excluding hydrogens is 342 g/mol. The minimum atomic E-state index is -0.198. The van der Waals surface area contributed by atoms with E-state index in [9.17, 15) is 4.39 Å². The lowest BCUT2D eigenvalue weighted by molar-refractivity contribution is 0.317. The van der Waals surface area contributed by atoms with Crippen LogP contribution in [0.4, 0.5) is 15.8 Å². The van der Waals surface area contributed by atoms with Crippen LogP contribution in [-0.4, -0.2) is 6.04 Å². The molecule has 2 nitrogen and oxygen atoms in total. The minimum Gasteiger partial charge on any atom is -0.397 e. The second kappa shape index (κ2) is 6.08. The molecule has 1 fully saturated rings. The Morgan fingerprint density at radius 2 is 2.11 bits per heavy atom. The molecule has 3 N–H and O–H groups in total. The fraction of sp³-hybridized carbons (Fsp3) is 0.571. The van der Waals surface area contributed by atoms with E-state index in [1.165, 1.54) is 31.7 Å². The Kier molecular flexibility index (Phi) is 4.70. The fourth-order valence-corrected chi connectivity index (χ4v) is 3.26. The van der Waals surface area contributed by atoms with Crippen molar-refractivity contribution in [1.29, 1.82) is 0 Å². The molecule has 1 aromatic rings. The summed E-state index contributed by atoms with van der Waals surface area (Å²) in [6, 6.07) is 3.66. The van der Waals surface area contributed by atoms with Crippen LogP contribution in [0.15, 0.2) is 12.1 Å². The molecule has 2 unspecified atom stereocenters. The largest absolute Gasteiger partial charge is 0.397 e. The van der Waals surface area contributed by atoms with Gasteiger partial charge in [-0.3, -0.25) is 0 Å². The van der Waals surface area contributed by atoms with Gasteiger partial charge in [0.15, 0.2) is 0 Å². The maximum atomic E-state index is 13.6. The van der Waals surface area contributed by atoms with E-state index in [0.29, 0.717) is 21.2 Å². The molecule has 0 heterocycles. The summed E-state index contributed by atoms with van der Waals surface area (Å²) in [7, 11) is 0. The molecule has 0 bridgehead atoms. The lowest BCUT2D eigenvalue weighted by atomic mass is 9.83. The number of nitrogen functional groups attached to an aromatic ring is 1. The number of hydrogen-bond donors (Lipinski definition) is 2. The van der Waals surface area contributed by atoms with Gasteiger partial charge in [0.05, 0.1) is 14.9 Å². The van der Waals surface area contributed by atoms with Crippen molar-refractivity contribution < 1.29 is 4.39 Å². The summed E-state index contributed by atoms with van der Waals surface area (Å²) in [6.07, 6.45) is 6.16. The Balaban J connectivity index is 2.15. The van der Waals surface area contributed by atoms with Crippen molar-refractivity contribution in [2.45, 2.75) is 45.1 Å². The minimum absolute atomic E-state index is 0.198. The second-order valence-electron chi connectivity index (χ2n) is 5.06. The predicted molar refractivity (Wildman–Crippen MR) is 83.2 cm³/mol. The summed E-state index contributed by atoms with van der Waals surface area (Å²) in [5.41, 5.74) is 7.35. The highest BCUT2D eigenvalue weighted by Gasteiger charge is 2.24. The van der Waals surface area contributed by atoms with Crippen LogP contribution in [0.5, 0.6) is 0 Å². The van der Waals surface area contributed by atoms with Gasteiger partial charge in [-0.15, -0.1) is 0 Å². The molecule has 1 aliphatic carbocycles. The third-order valence-corrected chi connectivity index (χ3v) is 4.69. The first-order valence-electron chi connectivity index (χ1n) is 6.63. The highest BCUT2D eigenvalue weighted by Crippen LogP contribution is 2.32. The van der Waals surface area contributed by atoms with Gasteiger partial charge in [0.1, 0.15) is 5.82 Å². The van der Waals surface area contributed by atoms with Crippen molar-refractivity contribution in [3.63, 3.8) is 0 Å². The zero-order chi connectivity index (χ0) is 13.1. The van der Waals surface area contributed by atoms with E-state index >= 15 is 0 Å². The topological polar surface area (TPSA) is 38.0 Å². The number of anilines is 2. The van der Waals surface area contributed by atoms with Gasteiger partial charge in [-0.25, -0.2) is 4.39 Å². The van der Waals surface area contributed by atoms with E-state index < -0.39 is 0 Å². The molecule has 4 heteroatoms. The quantitative estimate of drug-likeness (QED) is 0.618. The standard InChI is InChI=1S/C14H20FIN2/c1-2-9-5-3-4-6-13(9)18-14-7-10(15)11(16)8-12(14)17/h7-9,13,18H,2-6,17H2,1H3. The van der Waals surface area contributed by atoms with Gasteiger partial charge >= 0.3 is 0 Å². The van der Waals surface area contributed by atoms with E-state index in [0.717, 1.165) is 12.1 Å². The van der Waals surface area contributed by atoms with Crippen molar-refractivity contribution in [2.24, 2.45) is 5.92 Å². The molecule has 0 aromatic heterocycles. The first kappa shape index (κ1) is 13.9. The smallest absolute Gasteiger partial charge is 0.138 e. The Morgan fingerprint density at radius 3 is 2.83 bits per heavy atom. The molecule has 2 rings (SSSR count). The van der Waals surface area contributed by atoms with Crippen LogP contribution in [0, 0.1) is 15.3 Å². The van der Waals surface area contributed by atoms with Gasteiger partial charge < -0.3 is 11.1 Å². The summed E-state index contributed by atoms with van der Waals surface area (Å²) < 4.78 is 14.2. The van der Waals surface area contributed by atoms with E-state index in [-0.39, 0.29) is 5.82 Å². The summed E-state index contributed by atoms with van der Waals surface area (Å²) in [5, 5.41) is 3.45. The van der Waals surface area contributed by atoms with Crippen LogP contribution in [0.3, 0.4) is 0 Å². The van der Waals surface area contributed by atoms with Crippen molar-refractivity contribution in [3.8, 4) is 0 Å². The first-order valence-corrected chi connectivity index (χ1v) is 7.70. The third-order valence-electron chi connectivity index (χ3n) is 3.87. The van der Waals surface area contributed by atoms with Crippen LogP contribution in [-0.2, 0) is 0 Å². The number of benzene rings is 1. The fourth-order valence-electron chi connectivity index (χ4n) is 2.77. The van der Waals surface area contributed by atoms with E-state index in [4.69, 9.17) is 5.73 Å². The van der Waals surface area contributed by atoms with Crippen molar-refractivity contribution in [1.82, 2.24) is 0 Å². The monoisotopic (exact) mass is 362 g/mol. The van der Waals surface area contributed by atoms with E-state index in [1.807, 2.05) is 22.6 Å². The SMILES string of the molecule is CCC1CCCCC1Nc1cc(F)c(I)cc1N. The van der Waals surface area contributed by atoms with E-state index in [2.05, 4.69) is 12.2 Å². The number of halogens is 2. The highest BCUT2D eigenvalue weighted by molar-refractivity contribution is 14.1. The van der Waals surface area contributed by atoms with Gasteiger partial charge in [-0.1, -0.05) is 26.2 Å². The van der Waals surface area contributed by atoms with Crippen LogP contribution in [0.2, 0.25) is 0 Å². The normalized spacial score (nSPS) is 23.9. The molecule has 0 radical (unpaired) electrons. The molecule has 1 aromatic carbocycles. The maximum Gasteiger partial charge on any atom is 0.138 e. The summed E-state index contributed by atoms with van der Waals surface area (Å²) in [6.45, 7) is 2.22. The zero-order valence-electron chi connectivity index (χ0n) is 10.7.